The van der Waals surface area contributed by atoms with Crippen molar-refractivity contribution in [2.24, 2.45) is 17.8 Å². The molecule has 5 heteroatoms. The van der Waals surface area contributed by atoms with Crippen LogP contribution in [0.25, 0.3) is 0 Å². The second-order valence-electron chi connectivity index (χ2n) is 13.7. The van der Waals surface area contributed by atoms with Gasteiger partial charge in [0.05, 0.1) is 19.8 Å². The van der Waals surface area contributed by atoms with Crippen LogP contribution >= 0.6 is 0 Å². The minimum absolute atomic E-state index is 0.138. The summed E-state index contributed by atoms with van der Waals surface area (Å²) in [7, 11) is 0. The molecule has 1 aromatic rings. The molecular formula is C35H54FNO3. The normalized spacial score (nSPS) is 29.6. The van der Waals surface area contributed by atoms with Gasteiger partial charge in [0.1, 0.15) is 5.82 Å². The summed E-state index contributed by atoms with van der Waals surface area (Å²) in [6.07, 6.45) is 17.2. The van der Waals surface area contributed by atoms with E-state index in [0.29, 0.717) is 36.5 Å². The summed E-state index contributed by atoms with van der Waals surface area (Å²) in [5.41, 5.74) is 1.30. The van der Waals surface area contributed by atoms with Crippen LogP contribution in [0.5, 0.6) is 0 Å². The van der Waals surface area contributed by atoms with Gasteiger partial charge < -0.3 is 9.47 Å². The van der Waals surface area contributed by atoms with Crippen molar-refractivity contribution in [3.63, 3.8) is 0 Å². The Kier molecular flexibility index (Phi) is 11.1. The Labute approximate surface area is 243 Å². The van der Waals surface area contributed by atoms with E-state index in [4.69, 9.17) is 14.3 Å². The molecule has 4 rings (SSSR count). The molecular weight excluding hydrogens is 501 g/mol. The number of halogens is 1. The molecule has 2 aliphatic heterocycles. The van der Waals surface area contributed by atoms with E-state index in [0.717, 1.165) is 50.7 Å². The molecule has 0 N–H and O–H groups in total. The molecule has 0 radical (unpaired) electrons. The van der Waals surface area contributed by atoms with Crippen LogP contribution in [0.4, 0.5) is 4.39 Å². The first-order valence-electron chi connectivity index (χ1n) is 15.9. The lowest BCUT2D eigenvalue weighted by atomic mass is 9.72. The molecule has 0 bridgehead atoms. The number of rotatable bonds is 11. The zero-order valence-corrected chi connectivity index (χ0v) is 25.8. The van der Waals surface area contributed by atoms with Crippen LogP contribution in [0.3, 0.4) is 0 Å². The summed E-state index contributed by atoms with van der Waals surface area (Å²) in [6, 6.07) is 5.71. The van der Waals surface area contributed by atoms with Gasteiger partial charge in [-0.05, 0) is 115 Å². The molecule has 224 valence electrons. The van der Waals surface area contributed by atoms with Gasteiger partial charge in [-0.15, -0.1) is 6.58 Å². The molecule has 0 unspecified atom stereocenters. The van der Waals surface area contributed by atoms with E-state index in [-0.39, 0.29) is 22.8 Å². The number of nitrogens with zero attached hydrogens (tertiary/aromatic N) is 1. The third kappa shape index (κ3) is 7.85. The lowest BCUT2D eigenvalue weighted by molar-refractivity contribution is -0.283. The zero-order valence-electron chi connectivity index (χ0n) is 25.8. The number of hydrogen-bond donors (Lipinski definition) is 0. The van der Waals surface area contributed by atoms with Gasteiger partial charge >= 0.3 is 0 Å². The summed E-state index contributed by atoms with van der Waals surface area (Å²) in [5, 5.41) is 2.20. The fraction of sp³-hybridized carbons (Fsp3) is 0.714. The number of ether oxygens (including phenoxy) is 2. The topological polar surface area (TPSA) is 30.9 Å². The maximum atomic E-state index is 15.5. The highest BCUT2D eigenvalue weighted by Gasteiger charge is 2.47. The molecule has 3 aliphatic rings. The second-order valence-corrected chi connectivity index (χ2v) is 13.7. The fourth-order valence-electron chi connectivity index (χ4n) is 7.42. The first kappa shape index (κ1) is 31.4. The Bertz CT molecular complexity index is 955. The molecule has 0 aromatic heterocycles. The molecule has 0 spiro atoms. The quantitative estimate of drug-likeness (QED) is 0.201. The van der Waals surface area contributed by atoms with E-state index in [1.54, 1.807) is 6.07 Å². The van der Waals surface area contributed by atoms with Crippen LogP contribution in [0, 0.1) is 23.6 Å². The SMILES string of the molecule is C=CCC/C=C/C1CCC(C2COC(c3ccc(C4CC(C)(C)N(OCCCC)C(C)(C)C4)cc3F)OC2)CC1. The lowest BCUT2D eigenvalue weighted by Gasteiger charge is -2.54. The van der Waals surface area contributed by atoms with Crippen molar-refractivity contribution in [1.82, 2.24) is 5.06 Å². The highest BCUT2D eigenvalue weighted by Crippen LogP contribution is 2.46. The third-order valence-corrected chi connectivity index (χ3v) is 9.41. The van der Waals surface area contributed by atoms with Crippen molar-refractivity contribution in [3.8, 4) is 0 Å². The Morgan fingerprint density at radius 3 is 2.27 bits per heavy atom. The van der Waals surface area contributed by atoms with E-state index in [1.807, 2.05) is 12.1 Å². The van der Waals surface area contributed by atoms with E-state index in [1.165, 1.54) is 25.7 Å². The number of piperidine rings is 1. The molecule has 2 heterocycles. The van der Waals surface area contributed by atoms with Crippen molar-refractivity contribution in [2.45, 2.75) is 122 Å². The first-order chi connectivity index (χ1) is 19.1. The smallest absolute Gasteiger partial charge is 0.186 e. The molecule has 0 atom stereocenters. The largest absolute Gasteiger partial charge is 0.348 e. The van der Waals surface area contributed by atoms with Gasteiger partial charge in [0.25, 0.3) is 0 Å². The molecule has 4 nitrogen and oxygen atoms in total. The Morgan fingerprint density at radius 2 is 1.68 bits per heavy atom. The minimum Gasteiger partial charge on any atom is -0.348 e. The molecule has 1 saturated carbocycles. The van der Waals surface area contributed by atoms with Gasteiger partial charge in [0, 0.05) is 22.6 Å². The van der Waals surface area contributed by atoms with Crippen LogP contribution in [0.15, 0.2) is 43.0 Å². The van der Waals surface area contributed by atoms with Crippen molar-refractivity contribution in [2.75, 3.05) is 19.8 Å². The van der Waals surface area contributed by atoms with Crippen LogP contribution in [-0.2, 0) is 14.3 Å². The zero-order chi connectivity index (χ0) is 28.8. The van der Waals surface area contributed by atoms with Crippen LogP contribution in [0.2, 0.25) is 0 Å². The van der Waals surface area contributed by atoms with Gasteiger partial charge in [-0.1, -0.05) is 43.7 Å². The molecule has 0 amide bonds. The summed E-state index contributed by atoms with van der Waals surface area (Å²) >= 11 is 0. The maximum Gasteiger partial charge on any atom is 0.186 e. The van der Waals surface area contributed by atoms with Crippen LogP contribution in [-0.4, -0.2) is 36.0 Å². The standard InChI is InChI=1S/C35H54FNO3/c1-7-9-11-12-13-26-14-16-27(17-15-26)30-24-38-33(39-25-30)31-19-18-28(21-32(31)36)29-22-34(3,4)37(35(5,6)23-29)40-20-10-8-2/h7,12-13,18-19,21,26-27,29-30,33H,1,8-11,14-17,20,22-25H2,2-6H3/b13-12+. The predicted molar refractivity (Wildman–Crippen MR) is 161 cm³/mol. The predicted octanol–water partition coefficient (Wildman–Crippen LogP) is 9.28. The summed E-state index contributed by atoms with van der Waals surface area (Å²) < 4.78 is 27.8. The van der Waals surface area contributed by atoms with Gasteiger partial charge in [-0.25, -0.2) is 4.39 Å². The van der Waals surface area contributed by atoms with E-state index in [9.17, 15) is 0 Å². The van der Waals surface area contributed by atoms with Crippen LogP contribution < -0.4 is 0 Å². The van der Waals surface area contributed by atoms with E-state index < -0.39 is 6.29 Å². The first-order valence-corrected chi connectivity index (χ1v) is 15.9. The average Bonchev–Trinajstić information content (AvgIpc) is 2.92. The number of unbranched alkanes of at least 4 members (excludes halogenated alkanes) is 2. The Balaban J connectivity index is 1.30. The van der Waals surface area contributed by atoms with Crippen molar-refractivity contribution in [3.05, 3.63) is 60.0 Å². The fourth-order valence-corrected chi connectivity index (χ4v) is 7.42. The number of allylic oxidation sites excluding steroid dienone is 3. The van der Waals surface area contributed by atoms with Crippen molar-refractivity contribution < 1.29 is 18.7 Å². The van der Waals surface area contributed by atoms with Crippen LogP contribution in [0.1, 0.15) is 122 Å². The Hall–Kier alpha value is -1.53. The lowest BCUT2D eigenvalue weighted by Crippen LogP contribution is -2.59. The number of benzene rings is 1. The molecule has 2 saturated heterocycles. The third-order valence-electron chi connectivity index (χ3n) is 9.41. The monoisotopic (exact) mass is 555 g/mol. The Morgan fingerprint density at radius 1 is 1.00 bits per heavy atom. The average molecular weight is 556 g/mol. The number of hydrogen-bond acceptors (Lipinski definition) is 4. The van der Waals surface area contributed by atoms with Crippen molar-refractivity contribution >= 4 is 0 Å². The van der Waals surface area contributed by atoms with E-state index >= 15 is 4.39 Å². The highest BCUT2D eigenvalue weighted by molar-refractivity contribution is 5.29. The molecule has 3 fully saturated rings. The summed E-state index contributed by atoms with van der Waals surface area (Å²) in [5.74, 6) is 1.78. The van der Waals surface area contributed by atoms with Gasteiger partial charge in [0.15, 0.2) is 6.29 Å². The van der Waals surface area contributed by atoms with Gasteiger partial charge in [-0.2, -0.15) is 5.06 Å². The highest BCUT2D eigenvalue weighted by atomic mass is 19.1. The summed E-state index contributed by atoms with van der Waals surface area (Å²) in [6.45, 7) is 17.0. The van der Waals surface area contributed by atoms with Crippen molar-refractivity contribution in [1.29, 1.82) is 0 Å². The van der Waals surface area contributed by atoms with E-state index in [2.05, 4.69) is 64.5 Å². The summed E-state index contributed by atoms with van der Waals surface area (Å²) in [4.78, 5) is 6.26. The molecule has 1 aliphatic carbocycles. The second kappa shape index (κ2) is 14.1. The molecule has 40 heavy (non-hydrogen) atoms. The van der Waals surface area contributed by atoms with Gasteiger partial charge in [0.2, 0.25) is 0 Å². The molecule has 1 aromatic carbocycles. The maximum absolute atomic E-state index is 15.5. The number of hydroxylamine groups is 2. The van der Waals surface area contributed by atoms with Gasteiger partial charge in [-0.3, -0.25) is 4.84 Å². The minimum atomic E-state index is -0.615.